The molecule has 0 aliphatic carbocycles. The summed E-state index contributed by atoms with van der Waals surface area (Å²) in [5.41, 5.74) is 6.65. The van der Waals surface area contributed by atoms with Gasteiger partial charge in [0.1, 0.15) is 5.75 Å². The van der Waals surface area contributed by atoms with Gasteiger partial charge >= 0.3 is 5.97 Å². The molecule has 5 nitrogen and oxygen atoms in total. The van der Waals surface area contributed by atoms with Crippen molar-refractivity contribution in [3.05, 3.63) is 29.8 Å². The Hall–Kier alpha value is -1.56. The van der Waals surface area contributed by atoms with Gasteiger partial charge in [-0.3, -0.25) is 4.79 Å². The highest BCUT2D eigenvalue weighted by Gasteiger charge is 2.18. The second-order valence-electron chi connectivity index (χ2n) is 3.58. The molecule has 1 aromatic rings. The number of nitrogens with two attached hydrogens (primary N) is 1. The van der Waals surface area contributed by atoms with Crippen molar-refractivity contribution in [1.29, 1.82) is 0 Å². The molecule has 0 aliphatic rings. The van der Waals surface area contributed by atoms with E-state index < -0.39 is 21.6 Å². The highest BCUT2D eigenvalue weighted by Crippen LogP contribution is 2.10. The Kier molecular flexibility index (Phi) is 4.51. The van der Waals surface area contributed by atoms with Crippen LogP contribution < -0.4 is 5.73 Å². The van der Waals surface area contributed by atoms with Crippen molar-refractivity contribution < 1.29 is 17.9 Å². The largest absolute Gasteiger partial charge is 0.465 e. The van der Waals surface area contributed by atoms with E-state index in [-0.39, 0.29) is 12.4 Å². The van der Waals surface area contributed by atoms with Crippen LogP contribution in [0.15, 0.2) is 24.3 Å². The molecule has 0 fully saturated rings. The van der Waals surface area contributed by atoms with Crippen LogP contribution in [0.3, 0.4) is 0 Å². The third-order valence-electron chi connectivity index (χ3n) is 2.01. The van der Waals surface area contributed by atoms with Crippen molar-refractivity contribution in [2.45, 2.75) is 12.7 Å². The molecular formula is C11H15NO4S. The van der Waals surface area contributed by atoms with Crippen LogP contribution in [0.25, 0.3) is 0 Å². The van der Waals surface area contributed by atoms with Gasteiger partial charge in [-0.05, 0) is 24.6 Å². The van der Waals surface area contributed by atoms with E-state index >= 15 is 0 Å². The average Bonchev–Trinajstić information content (AvgIpc) is 2.20. The van der Waals surface area contributed by atoms with Gasteiger partial charge in [0.25, 0.3) is 0 Å². The molecule has 6 heteroatoms. The maximum Gasteiger partial charge on any atom is 0.321 e. The first kappa shape index (κ1) is 13.5. The number of hydrogen-bond donors (Lipinski definition) is 1. The van der Waals surface area contributed by atoms with Crippen LogP contribution in [-0.4, -0.2) is 26.7 Å². The number of carbonyl (C=O) groups excluding carboxylic acids is 1. The first-order chi connectivity index (χ1) is 7.93. The molecule has 0 saturated carbocycles. The number of benzene rings is 1. The van der Waals surface area contributed by atoms with E-state index in [0.717, 1.165) is 0 Å². The minimum Gasteiger partial charge on any atom is -0.465 e. The highest BCUT2D eigenvalue weighted by molar-refractivity contribution is 7.91. The zero-order valence-corrected chi connectivity index (χ0v) is 10.4. The summed E-state index contributed by atoms with van der Waals surface area (Å²) in [6.45, 7) is 1.81. The van der Waals surface area contributed by atoms with Crippen LogP contribution >= 0.6 is 0 Å². The molecule has 1 rings (SSSR count). The molecule has 0 amide bonds. The van der Waals surface area contributed by atoms with Gasteiger partial charge in [-0.15, -0.1) is 0 Å². The van der Waals surface area contributed by atoms with E-state index in [1.54, 1.807) is 31.2 Å². The van der Waals surface area contributed by atoms with E-state index in [4.69, 9.17) is 5.73 Å². The van der Waals surface area contributed by atoms with Gasteiger partial charge in [-0.25, -0.2) is 8.42 Å². The molecule has 0 heterocycles. The minimum atomic E-state index is -3.48. The Bertz CT molecular complexity index is 479. The Morgan fingerprint density at radius 1 is 1.29 bits per heavy atom. The third kappa shape index (κ3) is 4.86. The lowest BCUT2D eigenvalue weighted by Crippen LogP contribution is -2.19. The van der Waals surface area contributed by atoms with Gasteiger partial charge in [0.2, 0.25) is 0 Å². The molecule has 0 unspecified atom stereocenters. The Morgan fingerprint density at radius 3 is 2.41 bits per heavy atom. The zero-order chi connectivity index (χ0) is 12.9. The van der Waals surface area contributed by atoms with E-state index in [1.807, 2.05) is 0 Å². The normalized spacial score (nSPS) is 11.1. The van der Waals surface area contributed by atoms with Gasteiger partial charge in [0.05, 0.1) is 12.4 Å². The van der Waals surface area contributed by atoms with Crippen LogP contribution in [0.2, 0.25) is 0 Å². The molecule has 0 aromatic heterocycles. The molecule has 94 valence electrons. The Balaban J connectivity index is 2.66. The van der Waals surface area contributed by atoms with Crippen LogP contribution in [0.4, 0.5) is 5.69 Å². The predicted octanol–water partition coefficient (Wildman–Crippen LogP) is 0.747. The number of carbonyl (C=O) groups is 1. The topological polar surface area (TPSA) is 86.5 Å². The summed E-state index contributed by atoms with van der Waals surface area (Å²) in [4.78, 5) is 11.1. The molecule has 2 N–H and O–H groups in total. The first-order valence-electron chi connectivity index (χ1n) is 5.13. The van der Waals surface area contributed by atoms with Crippen LogP contribution in [0.1, 0.15) is 12.5 Å². The number of ether oxygens (including phenoxy) is 1. The smallest absolute Gasteiger partial charge is 0.321 e. The lowest BCUT2D eigenvalue weighted by Gasteiger charge is -2.04. The molecule has 0 saturated heterocycles. The van der Waals surface area contributed by atoms with E-state index in [2.05, 4.69) is 4.74 Å². The number of esters is 1. The van der Waals surface area contributed by atoms with Crippen molar-refractivity contribution in [1.82, 2.24) is 0 Å². The number of nitrogen functional groups attached to an aromatic ring is 1. The van der Waals surface area contributed by atoms with Crippen molar-refractivity contribution in [2.24, 2.45) is 0 Å². The maximum absolute atomic E-state index is 11.6. The summed E-state index contributed by atoms with van der Waals surface area (Å²) in [7, 11) is -3.48. The molecular weight excluding hydrogens is 242 g/mol. The van der Waals surface area contributed by atoms with E-state index in [9.17, 15) is 13.2 Å². The quantitative estimate of drug-likeness (QED) is 0.621. The fraction of sp³-hybridized carbons (Fsp3) is 0.364. The minimum absolute atomic E-state index is 0.177. The highest BCUT2D eigenvalue weighted by atomic mass is 32.2. The van der Waals surface area contributed by atoms with Crippen molar-refractivity contribution in [2.75, 3.05) is 18.1 Å². The van der Waals surface area contributed by atoms with Gasteiger partial charge < -0.3 is 10.5 Å². The predicted molar refractivity (Wildman–Crippen MR) is 65.0 cm³/mol. The molecule has 1 aromatic carbocycles. The Labute approximate surface area is 100 Å². The van der Waals surface area contributed by atoms with Crippen molar-refractivity contribution >= 4 is 21.5 Å². The monoisotopic (exact) mass is 257 g/mol. The standard InChI is InChI=1S/C11H15NO4S/c1-2-16-11(13)8-17(14,15)7-9-3-5-10(12)6-4-9/h3-6H,2,7-8,12H2,1H3. The Morgan fingerprint density at radius 2 is 1.88 bits per heavy atom. The summed E-state index contributed by atoms with van der Waals surface area (Å²) in [6, 6.07) is 6.49. The summed E-state index contributed by atoms with van der Waals surface area (Å²) >= 11 is 0. The fourth-order valence-corrected chi connectivity index (χ4v) is 2.55. The summed E-state index contributed by atoms with van der Waals surface area (Å²) in [5, 5.41) is 0. The molecule has 17 heavy (non-hydrogen) atoms. The lowest BCUT2D eigenvalue weighted by atomic mass is 10.2. The first-order valence-corrected chi connectivity index (χ1v) is 6.95. The molecule has 0 aliphatic heterocycles. The number of sulfone groups is 1. The molecule has 0 bridgehead atoms. The van der Waals surface area contributed by atoms with Gasteiger partial charge in [0, 0.05) is 5.69 Å². The summed E-state index contributed by atoms with van der Waals surface area (Å²) in [5.74, 6) is -1.50. The van der Waals surface area contributed by atoms with E-state index in [0.29, 0.717) is 11.3 Å². The number of rotatable bonds is 5. The molecule has 0 spiro atoms. The van der Waals surface area contributed by atoms with Crippen molar-refractivity contribution in [3.8, 4) is 0 Å². The SMILES string of the molecule is CCOC(=O)CS(=O)(=O)Cc1ccc(N)cc1. The molecule has 0 atom stereocenters. The van der Waals surface area contributed by atoms with Gasteiger partial charge in [-0.2, -0.15) is 0 Å². The molecule has 0 radical (unpaired) electrons. The summed E-state index contributed by atoms with van der Waals surface area (Å²) < 4.78 is 27.9. The van der Waals surface area contributed by atoms with Crippen LogP contribution in [0.5, 0.6) is 0 Å². The lowest BCUT2D eigenvalue weighted by molar-refractivity contribution is -0.139. The maximum atomic E-state index is 11.6. The average molecular weight is 257 g/mol. The van der Waals surface area contributed by atoms with Crippen LogP contribution in [-0.2, 0) is 25.1 Å². The van der Waals surface area contributed by atoms with Crippen LogP contribution in [0, 0.1) is 0 Å². The number of anilines is 1. The second-order valence-corrected chi connectivity index (χ2v) is 5.64. The fourth-order valence-electron chi connectivity index (χ4n) is 1.30. The van der Waals surface area contributed by atoms with Gasteiger partial charge in [0.15, 0.2) is 9.84 Å². The second kappa shape index (κ2) is 5.67. The van der Waals surface area contributed by atoms with E-state index in [1.165, 1.54) is 0 Å². The van der Waals surface area contributed by atoms with Gasteiger partial charge in [-0.1, -0.05) is 12.1 Å². The third-order valence-corrected chi connectivity index (χ3v) is 3.46. The summed E-state index contributed by atoms with van der Waals surface area (Å²) in [6.07, 6.45) is 0. The van der Waals surface area contributed by atoms with Crippen molar-refractivity contribution in [3.63, 3.8) is 0 Å². The number of hydrogen-bond acceptors (Lipinski definition) is 5. The zero-order valence-electron chi connectivity index (χ0n) is 9.55.